The number of nitrogens with zero attached hydrogens (tertiary/aromatic N) is 4. The summed E-state index contributed by atoms with van der Waals surface area (Å²) in [6, 6.07) is 0.885. The standard InChI is InChI=1S/C13H13ClF3N5/c14-10-3-9(13(15,16)17)5-19-12(10)18-4-8-1-2-11-21-20-7-22(11)6-8/h3,5,7-8H,1-2,4,6H2,(H,18,19). The van der Waals surface area contributed by atoms with Crippen LogP contribution in [0.25, 0.3) is 0 Å². The minimum absolute atomic E-state index is 0.0318. The Labute approximate surface area is 129 Å². The molecular formula is C13H13ClF3N5. The first-order chi connectivity index (χ1) is 10.4. The molecule has 1 N–H and O–H groups in total. The molecule has 0 bridgehead atoms. The van der Waals surface area contributed by atoms with Crippen LogP contribution in [0.15, 0.2) is 18.6 Å². The van der Waals surface area contributed by atoms with Gasteiger partial charge in [0.05, 0.1) is 10.6 Å². The molecule has 1 aliphatic rings. The Kier molecular flexibility index (Phi) is 3.94. The number of rotatable bonds is 3. The highest BCUT2D eigenvalue weighted by atomic mass is 35.5. The molecule has 2 aromatic heterocycles. The number of anilines is 1. The molecule has 0 aliphatic carbocycles. The van der Waals surface area contributed by atoms with E-state index >= 15 is 0 Å². The molecule has 3 heterocycles. The summed E-state index contributed by atoms with van der Waals surface area (Å²) < 4.78 is 39.6. The zero-order valence-electron chi connectivity index (χ0n) is 11.4. The van der Waals surface area contributed by atoms with Gasteiger partial charge in [0.1, 0.15) is 18.0 Å². The molecule has 2 aromatic rings. The summed E-state index contributed by atoms with van der Waals surface area (Å²) in [5, 5.41) is 10.9. The number of aryl methyl sites for hydroxylation is 1. The molecule has 0 radical (unpaired) electrons. The molecule has 118 valence electrons. The van der Waals surface area contributed by atoms with Gasteiger partial charge in [0, 0.05) is 25.7 Å². The monoisotopic (exact) mass is 331 g/mol. The van der Waals surface area contributed by atoms with Crippen LogP contribution in [-0.4, -0.2) is 26.3 Å². The van der Waals surface area contributed by atoms with Crippen molar-refractivity contribution in [1.29, 1.82) is 0 Å². The van der Waals surface area contributed by atoms with Crippen LogP contribution < -0.4 is 5.32 Å². The van der Waals surface area contributed by atoms with Crippen LogP contribution in [0.4, 0.5) is 19.0 Å². The van der Waals surface area contributed by atoms with Gasteiger partial charge in [-0.1, -0.05) is 11.6 Å². The molecule has 9 heteroatoms. The largest absolute Gasteiger partial charge is 0.417 e. The zero-order valence-corrected chi connectivity index (χ0v) is 12.2. The lowest BCUT2D eigenvalue weighted by Gasteiger charge is -2.23. The maximum Gasteiger partial charge on any atom is 0.417 e. The second-order valence-electron chi connectivity index (χ2n) is 5.24. The molecule has 0 aromatic carbocycles. The normalized spacial score (nSPS) is 18.1. The number of hydrogen-bond acceptors (Lipinski definition) is 4. The smallest absolute Gasteiger partial charge is 0.368 e. The van der Waals surface area contributed by atoms with Crippen molar-refractivity contribution < 1.29 is 13.2 Å². The number of alkyl halides is 3. The minimum atomic E-state index is -4.44. The summed E-state index contributed by atoms with van der Waals surface area (Å²) in [6.45, 7) is 1.35. The van der Waals surface area contributed by atoms with Crippen molar-refractivity contribution in [3.8, 4) is 0 Å². The first-order valence-corrected chi connectivity index (χ1v) is 7.14. The van der Waals surface area contributed by atoms with Crippen LogP contribution in [0.3, 0.4) is 0 Å². The van der Waals surface area contributed by atoms with E-state index in [1.54, 1.807) is 6.33 Å². The van der Waals surface area contributed by atoms with Gasteiger partial charge in [0.2, 0.25) is 0 Å². The number of nitrogens with one attached hydrogen (secondary N) is 1. The van der Waals surface area contributed by atoms with Crippen molar-refractivity contribution in [3.05, 3.63) is 35.0 Å². The summed E-state index contributed by atoms with van der Waals surface area (Å²) in [4.78, 5) is 3.77. The lowest BCUT2D eigenvalue weighted by atomic mass is 9.99. The quantitative estimate of drug-likeness (QED) is 0.939. The van der Waals surface area contributed by atoms with Crippen molar-refractivity contribution in [2.45, 2.75) is 25.6 Å². The summed E-state index contributed by atoms with van der Waals surface area (Å²) >= 11 is 5.87. The van der Waals surface area contributed by atoms with Gasteiger partial charge in [-0.15, -0.1) is 10.2 Å². The van der Waals surface area contributed by atoms with E-state index in [2.05, 4.69) is 20.5 Å². The summed E-state index contributed by atoms with van der Waals surface area (Å²) in [5.74, 6) is 1.55. The van der Waals surface area contributed by atoms with Crippen molar-refractivity contribution in [2.24, 2.45) is 5.92 Å². The van der Waals surface area contributed by atoms with Crippen LogP contribution in [0.1, 0.15) is 17.8 Å². The van der Waals surface area contributed by atoms with Crippen LogP contribution in [0.5, 0.6) is 0 Å². The maximum atomic E-state index is 12.6. The summed E-state index contributed by atoms with van der Waals surface area (Å²) in [6.07, 6.45) is -0.203. The number of hydrogen-bond donors (Lipinski definition) is 1. The van der Waals surface area contributed by atoms with E-state index in [0.29, 0.717) is 12.5 Å². The van der Waals surface area contributed by atoms with Gasteiger partial charge in [-0.2, -0.15) is 13.2 Å². The average Bonchev–Trinajstić information content (AvgIpc) is 2.92. The number of pyridine rings is 1. The van der Waals surface area contributed by atoms with Crippen molar-refractivity contribution in [1.82, 2.24) is 19.7 Å². The first kappa shape index (κ1) is 15.1. The number of halogens is 4. The first-order valence-electron chi connectivity index (χ1n) is 6.77. The Balaban J connectivity index is 1.63. The predicted molar refractivity (Wildman–Crippen MR) is 74.6 cm³/mol. The Morgan fingerprint density at radius 3 is 2.95 bits per heavy atom. The van der Waals surface area contributed by atoms with E-state index in [0.717, 1.165) is 37.5 Å². The molecule has 1 aliphatic heterocycles. The van der Waals surface area contributed by atoms with Crippen molar-refractivity contribution in [2.75, 3.05) is 11.9 Å². The molecule has 0 saturated carbocycles. The van der Waals surface area contributed by atoms with Crippen LogP contribution >= 0.6 is 11.6 Å². The second kappa shape index (κ2) is 5.75. The molecule has 3 rings (SSSR count). The van der Waals surface area contributed by atoms with Gasteiger partial charge in [-0.25, -0.2) is 4.98 Å². The molecule has 5 nitrogen and oxygen atoms in total. The molecule has 22 heavy (non-hydrogen) atoms. The Hall–Kier alpha value is -1.83. The van der Waals surface area contributed by atoms with E-state index in [1.807, 2.05) is 4.57 Å². The highest BCUT2D eigenvalue weighted by Crippen LogP contribution is 2.32. The fourth-order valence-electron chi connectivity index (χ4n) is 2.46. The summed E-state index contributed by atoms with van der Waals surface area (Å²) in [7, 11) is 0. The van der Waals surface area contributed by atoms with E-state index in [1.165, 1.54) is 0 Å². The molecule has 0 amide bonds. The third kappa shape index (κ3) is 3.16. The van der Waals surface area contributed by atoms with Gasteiger partial charge in [-0.3, -0.25) is 0 Å². The van der Waals surface area contributed by atoms with Gasteiger partial charge in [0.25, 0.3) is 0 Å². The van der Waals surface area contributed by atoms with E-state index in [-0.39, 0.29) is 10.8 Å². The Bertz CT molecular complexity index is 670. The minimum Gasteiger partial charge on any atom is -0.368 e. The highest BCUT2D eigenvalue weighted by molar-refractivity contribution is 6.32. The topological polar surface area (TPSA) is 55.6 Å². The van der Waals surface area contributed by atoms with Crippen LogP contribution in [0.2, 0.25) is 5.02 Å². The second-order valence-corrected chi connectivity index (χ2v) is 5.64. The molecule has 1 atom stereocenters. The Morgan fingerprint density at radius 1 is 1.41 bits per heavy atom. The predicted octanol–water partition coefficient (Wildman–Crippen LogP) is 3.02. The third-order valence-corrected chi connectivity index (χ3v) is 3.94. The number of aromatic nitrogens is 4. The maximum absolute atomic E-state index is 12.6. The van der Waals surface area contributed by atoms with Gasteiger partial charge in [-0.05, 0) is 18.4 Å². The lowest BCUT2D eigenvalue weighted by molar-refractivity contribution is -0.137. The fourth-order valence-corrected chi connectivity index (χ4v) is 2.69. The molecular weight excluding hydrogens is 319 g/mol. The SMILES string of the molecule is FC(F)(F)c1cnc(NCC2CCc3nncn3C2)c(Cl)c1. The zero-order chi connectivity index (χ0) is 15.7. The van der Waals surface area contributed by atoms with E-state index < -0.39 is 11.7 Å². The molecule has 0 saturated heterocycles. The lowest BCUT2D eigenvalue weighted by Crippen LogP contribution is -2.26. The molecule has 0 fully saturated rings. The van der Waals surface area contributed by atoms with Gasteiger partial charge >= 0.3 is 6.18 Å². The molecule has 0 spiro atoms. The van der Waals surface area contributed by atoms with Crippen LogP contribution in [0, 0.1) is 5.92 Å². The van der Waals surface area contributed by atoms with Gasteiger partial charge in [0.15, 0.2) is 0 Å². The Morgan fingerprint density at radius 2 is 2.23 bits per heavy atom. The average molecular weight is 332 g/mol. The van der Waals surface area contributed by atoms with Crippen LogP contribution in [-0.2, 0) is 19.1 Å². The number of fused-ring (bicyclic) bond motifs is 1. The molecule has 1 unspecified atom stereocenters. The summed E-state index contributed by atoms with van der Waals surface area (Å²) in [5.41, 5.74) is -0.852. The van der Waals surface area contributed by atoms with Crippen molar-refractivity contribution >= 4 is 17.4 Å². The third-order valence-electron chi connectivity index (χ3n) is 3.65. The van der Waals surface area contributed by atoms with E-state index in [4.69, 9.17) is 11.6 Å². The van der Waals surface area contributed by atoms with Gasteiger partial charge < -0.3 is 9.88 Å². The highest BCUT2D eigenvalue weighted by Gasteiger charge is 2.31. The fraction of sp³-hybridized carbons (Fsp3) is 0.462. The van der Waals surface area contributed by atoms with E-state index in [9.17, 15) is 13.2 Å². The van der Waals surface area contributed by atoms with Crippen molar-refractivity contribution in [3.63, 3.8) is 0 Å².